The molecule has 2 N–H and O–H groups in total. The fourth-order valence-electron chi connectivity index (χ4n) is 2.88. The molecule has 0 aromatic rings. The van der Waals surface area contributed by atoms with Crippen molar-refractivity contribution in [1.29, 1.82) is 0 Å². The second kappa shape index (κ2) is 5.11. The van der Waals surface area contributed by atoms with Crippen LogP contribution in [-0.2, 0) is 0 Å². The van der Waals surface area contributed by atoms with Crippen molar-refractivity contribution >= 4 is 6.21 Å². The van der Waals surface area contributed by atoms with E-state index >= 15 is 0 Å². The van der Waals surface area contributed by atoms with Gasteiger partial charge in [0, 0.05) is 19.3 Å². The lowest BCUT2D eigenvalue weighted by atomic mass is 9.91. The molecule has 0 spiro atoms. The first kappa shape index (κ1) is 11.8. The quantitative estimate of drug-likeness (QED) is 0.786. The number of piperidine rings is 1. The molecule has 90 valence electrons. The SMILES string of the molecule is CCC1(N2CCC(CCN)CC2)C=CC=N1. The number of rotatable bonds is 4. The van der Waals surface area contributed by atoms with Gasteiger partial charge in [0.2, 0.25) is 0 Å². The van der Waals surface area contributed by atoms with Crippen molar-refractivity contribution in [3.8, 4) is 0 Å². The molecule has 2 rings (SSSR count). The van der Waals surface area contributed by atoms with E-state index in [9.17, 15) is 0 Å². The Kier molecular flexibility index (Phi) is 3.77. The van der Waals surface area contributed by atoms with E-state index in [0.29, 0.717) is 0 Å². The Balaban J connectivity index is 1.93. The summed E-state index contributed by atoms with van der Waals surface area (Å²) in [5.41, 5.74) is 5.60. The molecule has 0 saturated carbocycles. The van der Waals surface area contributed by atoms with Crippen LogP contribution < -0.4 is 5.73 Å². The Hall–Kier alpha value is -0.670. The second-order valence-corrected chi connectivity index (χ2v) is 4.88. The molecule has 2 aliphatic heterocycles. The molecule has 0 aliphatic carbocycles. The predicted octanol–water partition coefficient (Wildman–Crippen LogP) is 1.79. The molecule has 0 aromatic heterocycles. The van der Waals surface area contributed by atoms with Gasteiger partial charge in [-0.25, -0.2) is 0 Å². The lowest BCUT2D eigenvalue weighted by molar-refractivity contribution is 0.0855. The summed E-state index contributed by atoms with van der Waals surface area (Å²) in [6, 6.07) is 0. The van der Waals surface area contributed by atoms with Gasteiger partial charge in [0.05, 0.1) is 0 Å². The van der Waals surface area contributed by atoms with Crippen LogP contribution in [0.15, 0.2) is 17.1 Å². The zero-order valence-electron chi connectivity index (χ0n) is 10.2. The topological polar surface area (TPSA) is 41.6 Å². The fourth-order valence-corrected chi connectivity index (χ4v) is 2.88. The smallest absolute Gasteiger partial charge is 0.131 e. The Bertz CT molecular complexity index is 263. The van der Waals surface area contributed by atoms with Crippen molar-refractivity contribution in [1.82, 2.24) is 4.90 Å². The van der Waals surface area contributed by atoms with Gasteiger partial charge in [-0.05, 0) is 50.3 Å². The van der Waals surface area contributed by atoms with Gasteiger partial charge in [0.25, 0.3) is 0 Å². The number of nitrogens with two attached hydrogens (primary N) is 1. The molecule has 16 heavy (non-hydrogen) atoms. The molecule has 0 aromatic carbocycles. The molecule has 3 nitrogen and oxygen atoms in total. The molecule has 0 radical (unpaired) electrons. The van der Waals surface area contributed by atoms with Crippen LogP contribution in [0.25, 0.3) is 0 Å². The van der Waals surface area contributed by atoms with E-state index in [0.717, 1.165) is 18.9 Å². The third-order valence-electron chi connectivity index (χ3n) is 4.00. The maximum atomic E-state index is 5.62. The minimum absolute atomic E-state index is 0.0202. The van der Waals surface area contributed by atoms with Crippen molar-refractivity contribution < 1.29 is 0 Å². The number of aliphatic imine (C=N–C) groups is 1. The molecule has 2 aliphatic rings. The van der Waals surface area contributed by atoms with Crippen LogP contribution in [-0.4, -0.2) is 36.4 Å². The van der Waals surface area contributed by atoms with Gasteiger partial charge in [-0.1, -0.05) is 6.92 Å². The highest BCUT2D eigenvalue weighted by atomic mass is 15.3. The van der Waals surface area contributed by atoms with E-state index in [1.807, 2.05) is 6.21 Å². The largest absolute Gasteiger partial charge is 0.330 e. The van der Waals surface area contributed by atoms with Crippen LogP contribution in [0.2, 0.25) is 0 Å². The highest BCUT2D eigenvalue weighted by molar-refractivity contribution is 5.75. The first-order valence-corrected chi connectivity index (χ1v) is 6.49. The summed E-state index contributed by atoms with van der Waals surface area (Å²) in [7, 11) is 0. The second-order valence-electron chi connectivity index (χ2n) is 4.88. The number of likely N-dealkylation sites (tertiary alicyclic amines) is 1. The van der Waals surface area contributed by atoms with Crippen molar-refractivity contribution in [3.05, 3.63) is 12.2 Å². The minimum Gasteiger partial charge on any atom is -0.330 e. The highest BCUT2D eigenvalue weighted by Gasteiger charge is 2.35. The molecule has 1 saturated heterocycles. The summed E-state index contributed by atoms with van der Waals surface area (Å²) in [5.74, 6) is 0.838. The van der Waals surface area contributed by atoms with Crippen molar-refractivity contribution in [2.45, 2.75) is 38.3 Å². The fraction of sp³-hybridized carbons (Fsp3) is 0.769. The number of allylic oxidation sites excluding steroid dienone is 1. The van der Waals surface area contributed by atoms with Crippen molar-refractivity contribution in [3.63, 3.8) is 0 Å². The molecule has 1 fully saturated rings. The Morgan fingerprint density at radius 2 is 2.19 bits per heavy atom. The number of hydrogen-bond donors (Lipinski definition) is 1. The molecular formula is C13H23N3. The van der Waals surface area contributed by atoms with Crippen molar-refractivity contribution in [2.24, 2.45) is 16.6 Å². The van der Waals surface area contributed by atoms with E-state index in [1.54, 1.807) is 0 Å². The molecular weight excluding hydrogens is 198 g/mol. The molecule has 2 heterocycles. The van der Waals surface area contributed by atoms with Crippen LogP contribution in [0.3, 0.4) is 0 Å². The first-order valence-electron chi connectivity index (χ1n) is 6.49. The molecule has 3 heteroatoms. The third-order valence-corrected chi connectivity index (χ3v) is 4.00. The average Bonchev–Trinajstić information content (AvgIpc) is 2.80. The normalized spacial score (nSPS) is 31.4. The van der Waals surface area contributed by atoms with E-state index in [4.69, 9.17) is 5.73 Å². The lowest BCUT2D eigenvalue weighted by Gasteiger charge is -2.41. The average molecular weight is 221 g/mol. The van der Waals surface area contributed by atoms with Crippen LogP contribution in [0.5, 0.6) is 0 Å². The van der Waals surface area contributed by atoms with Crippen LogP contribution in [0.1, 0.15) is 32.6 Å². The first-order chi connectivity index (χ1) is 7.80. The van der Waals surface area contributed by atoms with Gasteiger partial charge in [-0.2, -0.15) is 0 Å². The maximum absolute atomic E-state index is 5.62. The van der Waals surface area contributed by atoms with Gasteiger partial charge in [-0.15, -0.1) is 0 Å². The predicted molar refractivity (Wildman–Crippen MR) is 68.6 cm³/mol. The molecule has 1 unspecified atom stereocenters. The van der Waals surface area contributed by atoms with E-state index in [2.05, 4.69) is 29.0 Å². The minimum atomic E-state index is -0.0202. The summed E-state index contributed by atoms with van der Waals surface area (Å²) in [4.78, 5) is 7.17. The summed E-state index contributed by atoms with van der Waals surface area (Å²) in [5, 5.41) is 0. The van der Waals surface area contributed by atoms with Gasteiger partial charge in [0.1, 0.15) is 5.66 Å². The zero-order chi connectivity index (χ0) is 11.4. The monoisotopic (exact) mass is 221 g/mol. The van der Waals surface area contributed by atoms with Crippen LogP contribution in [0.4, 0.5) is 0 Å². The van der Waals surface area contributed by atoms with E-state index in [-0.39, 0.29) is 5.66 Å². The molecule has 0 amide bonds. The van der Waals surface area contributed by atoms with Gasteiger partial charge in [0.15, 0.2) is 0 Å². The van der Waals surface area contributed by atoms with Crippen molar-refractivity contribution in [2.75, 3.05) is 19.6 Å². The van der Waals surface area contributed by atoms with E-state index < -0.39 is 0 Å². The lowest BCUT2D eigenvalue weighted by Crippen LogP contribution is -2.48. The van der Waals surface area contributed by atoms with Gasteiger partial charge >= 0.3 is 0 Å². The van der Waals surface area contributed by atoms with Gasteiger partial charge in [-0.3, -0.25) is 9.89 Å². The van der Waals surface area contributed by atoms with Crippen LogP contribution >= 0.6 is 0 Å². The summed E-state index contributed by atoms with van der Waals surface area (Å²) in [6.07, 6.45) is 11.1. The number of nitrogens with zero attached hydrogens (tertiary/aromatic N) is 2. The standard InChI is InChI=1S/C13H23N3/c1-2-13(7-3-9-15-13)16-10-5-12(4-8-14)6-11-16/h3,7,9,12H,2,4-6,8,10-11,14H2,1H3. The molecule has 0 bridgehead atoms. The highest BCUT2D eigenvalue weighted by Crippen LogP contribution is 2.31. The van der Waals surface area contributed by atoms with E-state index in [1.165, 1.54) is 32.4 Å². The Morgan fingerprint density at radius 3 is 2.69 bits per heavy atom. The number of hydrogen-bond acceptors (Lipinski definition) is 3. The summed E-state index contributed by atoms with van der Waals surface area (Å²) >= 11 is 0. The summed E-state index contributed by atoms with van der Waals surface area (Å²) in [6.45, 7) is 5.39. The van der Waals surface area contributed by atoms with Gasteiger partial charge < -0.3 is 5.73 Å². The maximum Gasteiger partial charge on any atom is 0.131 e. The Labute approximate surface area is 98.4 Å². The molecule has 1 atom stereocenters. The Morgan fingerprint density at radius 1 is 1.44 bits per heavy atom. The van der Waals surface area contributed by atoms with Crippen LogP contribution in [0, 0.1) is 5.92 Å². The summed E-state index contributed by atoms with van der Waals surface area (Å²) < 4.78 is 0. The third kappa shape index (κ3) is 2.20. The zero-order valence-corrected chi connectivity index (χ0v) is 10.2.